The number of anilines is 1. The molecule has 0 fully saturated rings. The standard InChI is InChI=1S/C16H12F3N5O3S/c1-26-13-9(14(27-2)22-7-21-13)12(25)24-15-23-11(16(17,18)19)10(28-15)8-5-3-4-6-20-8/h3-7H,1-2H3,(H,23,24,25). The molecule has 0 aliphatic heterocycles. The van der Waals surface area contributed by atoms with Gasteiger partial charge in [-0.15, -0.1) is 0 Å². The second-order valence-electron chi connectivity index (χ2n) is 5.13. The lowest BCUT2D eigenvalue weighted by molar-refractivity contribution is -0.140. The van der Waals surface area contributed by atoms with Gasteiger partial charge in [0.2, 0.25) is 11.8 Å². The van der Waals surface area contributed by atoms with Gasteiger partial charge in [-0.3, -0.25) is 15.1 Å². The van der Waals surface area contributed by atoms with Crippen molar-refractivity contribution < 1.29 is 27.4 Å². The number of carbonyl (C=O) groups excluding carboxylic acids is 1. The Morgan fingerprint density at radius 1 is 1.11 bits per heavy atom. The smallest absolute Gasteiger partial charge is 0.434 e. The minimum absolute atomic E-state index is 0.0889. The Morgan fingerprint density at radius 3 is 2.32 bits per heavy atom. The summed E-state index contributed by atoms with van der Waals surface area (Å²) in [5.41, 5.74) is -1.23. The van der Waals surface area contributed by atoms with E-state index in [1.807, 2.05) is 0 Å². The molecule has 8 nitrogen and oxygen atoms in total. The predicted molar refractivity (Wildman–Crippen MR) is 93.4 cm³/mol. The summed E-state index contributed by atoms with van der Waals surface area (Å²) in [7, 11) is 2.56. The highest BCUT2D eigenvalue weighted by atomic mass is 32.1. The summed E-state index contributed by atoms with van der Waals surface area (Å²) in [5.74, 6) is -1.02. The molecule has 3 aromatic rings. The van der Waals surface area contributed by atoms with Gasteiger partial charge in [0.15, 0.2) is 16.4 Å². The first-order chi connectivity index (χ1) is 13.3. The van der Waals surface area contributed by atoms with E-state index in [0.717, 1.165) is 6.33 Å². The van der Waals surface area contributed by atoms with Crippen molar-refractivity contribution in [3.8, 4) is 22.3 Å². The molecule has 0 saturated heterocycles. The summed E-state index contributed by atoms with van der Waals surface area (Å²) in [4.78, 5) is 27.4. The Bertz CT molecular complexity index is 973. The maximum absolute atomic E-state index is 13.4. The maximum atomic E-state index is 13.4. The third kappa shape index (κ3) is 3.86. The Morgan fingerprint density at radius 2 is 1.79 bits per heavy atom. The van der Waals surface area contributed by atoms with Gasteiger partial charge in [-0.05, 0) is 12.1 Å². The van der Waals surface area contributed by atoms with Crippen LogP contribution in [-0.2, 0) is 6.18 Å². The topological polar surface area (TPSA) is 99.1 Å². The molecule has 1 amide bonds. The zero-order valence-electron chi connectivity index (χ0n) is 14.4. The minimum atomic E-state index is -4.72. The van der Waals surface area contributed by atoms with Crippen LogP contribution in [-0.4, -0.2) is 40.1 Å². The molecule has 0 saturated carbocycles. The molecule has 0 aromatic carbocycles. The number of alkyl halides is 3. The Labute approximate surface area is 160 Å². The van der Waals surface area contributed by atoms with Crippen molar-refractivity contribution in [1.29, 1.82) is 0 Å². The number of nitrogens with one attached hydrogen (secondary N) is 1. The first kappa shape index (κ1) is 19.5. The fraction of sp³-hybridized carbons (Fsp3) is 0.188. The molecule has 0 radical (unpaired) electrons. The van der Waals surface area contributed by atoms with Gasteiger partial charge in [0.05, 0.1) is 24.8 Å². The van der Waals surface area contributed by atoms with Crippen molar-refractivity contribution in [1.82, 2.24) is 19.9 Å². The van der Waals surface area contributed by atoms with Crippen molar-refractivity contribution in [3.05, 3.63) is 42.0 Å². The highest BCUT2D eigenvalue weighted by molar-refractivity contribution is 7.19. The van der Waals surface area contributed by atoms with Crippen LogP contribution in [0.4, 0.5) is 18.3 Å². The van der Waals surface area contributed by atoms with E-state index in [2.05, 4.69) is 25.3 Å². The van der Waals surface area contributed by atoms with Gasteiger partial charge in [-0.1, -0.05) is 17.4 Å². The van der Waals surface area contributed by atoms with Crippen molar-refractivity contribution in [3.63, 3.8) is 0 Å². The van der Waals surface area contributed by atoms with E-state index >= 15 is 0 Å². The number of nitrogens with zero attached hydrogens (tertiary/aromatic N) is 4. The van der Waals surface area contributed by atoms with E-state index in [9.17, 15) is 18.0 Å². The molecule has 0 atom stereocenters. The first-order valence-corrected chi connectivity index (χ1v) is 8.40. The number of ether oxygens (including phenoxy) is 2. The molecule has 0 unspecified atom stereocenters. The largest absolute Gasteiger partial charge is 0.480 e. The molecule has 0 bridgehead atoms. The number of methoxy groups -OCH3 is 2. The van der Waals surface area contributed by atoms with Crippen LogP contribution < -0.4 is 14.8 Å². The number of halogens is 3. The summed E-state index contributed by atoms with van der Waals surface area (Å²) in [6.07, 6.45) is -2.24. The zero-order chi connectivity index (χ0) is 20.3. The molecule has 0 aliphatic rings. The van der Waals surface area contributed by atoms with Crippen LogP contribution in [0.3, 0.4) is 0 Å². The van der Waals surface area contributed by atoms with Gasteiger partial charge < -0.3 is 9.47 Å². The molecule has 0 spiro atoms. The summed E-state index contributed by atoms with van der Waals surface area (Å²) in [5, 5.41) is 2.04. The normalized spacial score (nSPS) is 11.2. The van der Waals surface area contributed by atoms with Crippen molar-refractivity contribution in [2.45, 2.75) is 6.18 Å². The quantitative estimate of drug-likeness (QED) is 0.688. The van der Waals surface area contributed by atoms with Crippen LogP contribution in [0, 0.1) is 0 Å². The molecule has 12 heteroatoms. The number of rotatable bonds is 5. The minimum Gasteiger partial charge on any atom is -0.480 e. The lowest BCUT2D eigenvalue weighted by atomic mass is 10.2. The van der Waals surface area contributed by atoms with Crippen molar-refractivity contribution in [2.24, 2.45) is 0 Å². The second kappa shape index (κ2) is 7.76. The molecule has 0 aliphatic carbocycles. The molecule has 1 N–H and O–H groups in total. The predicted octanol–water partition coefficient (Wildman–Crippen LogP) is 3.28. The molecule has 3 rings (SSSR count). The molecular weight excluding hydrogens is 399 g/mol. The fourth-order valence-electron chi connectivity index (χ4n) is 2.25. The maximum Gasteiger partial charge on any atom is 0.434 e. The van der Waals surface area contributed by atoms with E-state index in [4.69, 9.17) is 9.47 Å². The lowest BCUT2D eigenvalue weighted by Crippen LogP contribution is -2.16. The lowest BCUT2D eigenvalue weighted by Gasteiger charge is -2.09. The summed E-state index contributed by atoms with van der Waals surface area (Å²) in [6.45, 7) is 0. The summed E-state index contributed by atoms with van der Waals surface area (Å²) < 4.78 is 50.2. The van der Waals surface area contributed by atoms with Gasteiger partial charge >= 0.3 is 6.18 Å². The zero-order valence-corrected chi connectivity index (χ0v) is 15.3. The van der Waals surface area contributed by atoms with Crippen molar-refractivity contribution >= 4 is 22.4 Å². The Kier molecular flexibility index (Phi) is 5.40. The molecule has 146 valence electrons. The van der Waals surface area contributed by atoms with Gasteiger partial charge in [0.25, 0.3) is 5.91 Å². The van der Waals surface area contributed by atoms with Crippen LogP contribution in [0.1, 0.15) is 16.1 Å². The number of hydrogen-bond acceptors (Lipinski definition) is 8. The van der Waals surface area contributed by atoms with E-state index in [-0.39, 0.29) is 33.0 Å². The van der Waals surface area contributed by atoms with Crippen LogP contribution in [0.25, 0.3) is 10.6 Å². The average molecular weight is 411 g/mol. The van der Waals surface area contributed by atoms with E-state index in [0.29, 0.717) is 11.3 Å². The molecule has 3 aromatic heterocycles. The average Bonchev–Trinajstić information content (AvgIpc) is 3.12. The third-order valence-corrected chi connectivity index (χ3v) is 4.40. The second-order valence-corrected chi connectivity index (χ2v) is 6.13. The molecule has 28 heavy (non-hydrogen) atoms. The van der Waals surface area contributed by atoms with Crippen molar-refractivity contribution in [2.75, 3.05) is 19.5 Å². The monoisotopic (exact) mass is 411 g/mol. The number of pyridine rings is 1. The summed E-state index contributed by atoms with van der Waals surface area (Å²) >= 11 is 0.641. The Balaban J connectivity index is 2.00. The number of amides is 1. The van der Waals surface area contributed by atoms with Gasteiger partial charge in [-0.2, -0.15) is 13.2 Å². The van der Waals surface area contributed by atoms with E-state index < -0.39 is 17.8 Å². The van der Waals surface area contributed by atoms with E-state index in [1.165, 1.54) is 26.5 Å². The fourth-order valence-corrected chi connectivity index (χ4v) is 3.21. The van der Waals surface area contributed by atoms with E-state index in [1.54, 1.807) is 12.1 Å². The highest BCUT2D eigenvalue weighted by Crippen LogP contribution is 2.41. The van der Waals surface area contributed by atoms with Gasteiger partial charge in [0, 0.05) is 6.20 Å². The molecule has 3 heterocycles. The number of aromatic nitrogens is 4. The SMILES string of the molecule is COc1ncnc(OC)c1C(=O)Nc1nc(C(F)(F)F)c(-c2ccccn2)s1. The first-order valence-electron chi connectivity index (χ1n) is 7.59. The molecular formula is C16H12F3N5O3S. The summed E-state index contributed by atoms with van der Waals surface area (Å²) in [6, 6.07) is 4.55. The van der Waals surface area contributed by atoms with Crippen LogP contribution in [0.5, 0.6) is 11.8 Å². The number of hydrogen-bond donors (Lipinski definition) is 1. The number of carbonyl (C=O) groups is 1. The van der Waals surface area contributed by atoms with Gasteiger partial charge in [0.1, 0.15) is 6.33 Å². The van der Waals surface area contributed by atoms with Crippen LogP contribution in [0.2, 0.25) is 0 Å². The van der Waals surface area contributed by atoms with Gasteiger partial charge in [-0.25, -0.2) is 15.0 Å². The van der Waals surface area contributed by atoms with Crippen LogP contribution in [0.15, 0.2) is 30.7 Å². The highest BCUT2D eigenvalue weighted by Gasteiger charge is 2.38. The number of thiazole rings is 1. The van der Waals surface area contributed by atoms with Crippen LogP contribution >= 0.6 is 11.3 Å². The third-order valence-electron chi connectivity index (χ3n) is 3.41. The Hall–Kier alpha value is -3.28.